The van der Waals surface area contributed by atoms with Gasteiger partial charge in [-0.3, -0.25) is 0 Å². The molecule has 4 rings (SSSR count). The molecule has 1 fully saturated rings. The standard InChI is InChI=1S/C30H47ClN2O.3H2O/c1-22(2)30(20-33-14-12-27(13-15-33)26-8-10-29(31)11-9-26)32-19-23-16-24(21-34)18-28(17-23)25-6-4-3-5-7-25;;;/h4,6,8-10,16,22-23,25,27-30,32,34H,3,5,7,11-15,17-21H2,1-2H3;3*1H2/t23?,25?,28?,29?,30-;;;/m0.../s1. The van der Waals surface area contributed by atoms with Gasteiger partial charge in [-0.25, -0.2) is 0 Å². The number of allylic oxidation sites excluding steroid dienone is 6. The van der Waals surface area contributed by atoms with Crippen molar-refractivity contribution >= 4 is 11.6 Å². The van der Waals surface area contributed by atoms with Crippen molar-refractivity contribution in [2.45, 2.75) is 76.6 Å². The molecule has 0 spiro atoms. The Morgan fingerprint density at radius 2 is 1.86 bits per heavy atom. The van der Waals surface area contributed by atoms with Crippen molar-refractivity contribution in [3.8, 4) is 0 Å². The molecular weight excluding hydrogens is 488 g/mol. The summed E-state index contributed by atoms with van der Waals surface area (Å²) in [5.41, 5.74) is 2.78. The van der Waals surface area contributed by atoms with Crippen LogP contribution in [0.4, 0.5) is 0 Å². The zero-order valence-electron chi connectivity index (χ0n) is 23.0. The highest BCUT2D eigenvalue weighted by atomic mass is 35.5. The van der Waals surface area contributed by atoms with Crippen LogP contribution in [0.1, 0.15) is 65.2 Å². The number of rotatable bonds is 9. The largest absolute Gasteiger partial charge is 0.412 e. The van der Waals surface area contributed by atoms with Gasteiger partial charge >= 0.3 is 0 Å². The van der Waals surface area contributed by atoms with Crippen LogP contribution in [-0.4, -0.2) is 70.6 Å². The molecule has 0 radical (unpaired) electrons. The van der Waals surface area contributed by atoms with Gasteiger partial charge in [0.25, 0.3) is 0 Å². The van der Waals surface area contributed by atoms with Crippen molar-refractivity contribution in [3.63, 3.8) is 0 Å². The van der Waals surface area contributed by atoms with Crippen molar-refractivity contribution < 1.29 is 21.5 Å². The molecule has 8 N–H and O–H groups in total. The molecule has 37 heavy (non-hydrogen) atoms. The van der Waals surface area contributed by atoms with Gasteiger partial charge in [-0.15, -0.1) is 11.6 Å². The minimum atomic E-state index is 0. The number of alkyl halides is 1. The lowest BCUT2D eigenvalue weighted by atomic mass is 9.73. The van der Waals surface area contributed by atoms with Crippen LogP contribution >= 0.6 is 11.6 Å². The molecule has 0 aromatic heterocycles. The first kappa shape index (κ1) is 34.0. The highest BCUT2D eigenvalue weighted by Crippen LogP contribution is 2.37. The minimum Gasteiger partial charge on any atom is -0.412 e. The third-order valence-corrected chi connectivity index (χ3v) is 9.06. The molecule has 4 unspecified atom stereocenters. The molecule has 3 aliphatic carbocycles. The molecule has 1 saturated heterocycles. The number of nitrogens with zero attached hydrogens (tertiary/aromatic N) is 1. The van der Waals surface area contributed by atoms with Crippen molar-refractivity contribution in [2.24, 2.45) is 29.6 Å². The van der Waals surface area contributed by atoms with Gasteiger partial charge in [0.15, 0.2) is 0 Å². The summed E-state index contributed by atoms with van der Waals surface area (Å²) < 4.78 is 0. The van der Waals surface area contributed by atoms with Gasteiger partial charge in [0.1, 0.15) is 0 Å². The molecule has 0 aromatic carbocycles. The minimum absolute atomic E-state index is 0. The summed E-state index contributed by atoms with van der Waals surface area (Å²) in [5, 5.41) is 14.1. The predicted octanol–water partition coefficient (Wildman–Crippen LogP) is 3.63. The van der Waals surface area contributed by atoms with Gasteiger partial charge in [-0.1, -0.05) is 50.3 Å². The van der Waals surface area contributed by atoms with Gasteiger partial charge < -0.3 is 31.8 Å². The fraction of sp³-hybridized carbons (Fsp3) is 0.733. The molecule has 1 aliphatic heterocycles. The number of halogens is 1. The molecule has 4 aliphatic rings. The van der Waals surface area contributed by atoms with Crippen LogP contribution in [-0.2, 0) is 0 Å². The molecule has 6 nitrogen and oxygen atoms in total. The summed E-state index contributed by atoms with van der Waals surface area (Å²) in [4.78, 5) is 2.68. The lowest BCUT2D eigenvalue weighted by molar-refractivity contribution is 0.164. The Bertz CT molecular complexity index is 774. The van der Waals surface area contributed by atoms with Crippen LogP contribution in [0.2, 0.25) is 0 Å². The normalized spacial score (nSPS) is 29.4. The number of aliphatic hydroxyl groups is 1. The molecule has 5 atom stereocenters. The van der Waals surface area contributed by atoms with E-state index in [9.17, 15) is 5.11 Å². The second-order valence-electron chi connectivity index (χ2n) is 11.6. The lowest BCUT2D eigenvalue weighted by Crippen LogP contribution is -2.48. The van der Waals surface area contributed by atoms with E-state index >= 15 is 0 Å². The van der Waals surface area contributed by atoms with Crippen LogP contribution in [0.3, 0.4) is 0 Å². The van der Waals surface area contributed by atoms with E-state index in [1.807, 2.05) is 0 Å². The van der Waals surface area contributed by atoms with E-state index in [0.717, 1.165) is 25.9 Å². The molecular formula is C30H53ClN2O4. The highest BCUT2D eigenvalue weighted by molar-refractivity contribution is 6.22. The maximum atomic E-state index is 9.91. The quantitative estimate of drug-likeness (QED) is 0.342. The average Bonchev–Trinajstić information content (AvgIpc) is 2.87. The Balaban J connectivity index is 0.00000228. The van der Waals surface area contributed by atoms with Crippen molar-refractivity contribution in [1.82, 2.24) is 10.2 Å². The summed E-state index contributed by atoms with van der Waals surface area (Å²) in [5.74, 6) is 3.27. The Labute approximate surface area is 229 Å². The van der Waals surface area contributed by atoms with Crippen molar-refractivity contribution in [3.05, 3.63) is 47.6 Å². The SMILES string of the molecule is CC(C)[C@H](CN1CCC(C2=CCC(Cl)C=C2)CC1)NCC1C=C(CO)CC(C2C=CCCC2)C1.O.O.O. The zero-order chi connectivity index (χ0) is 23.9. The molecule has 214 valence electrons. The van der Waals surface area contributed by atoms with Gasteiger partial charge in [-0.05, 0) is 105 Å². The second-order valence-corrected chi connectivity index (χ2v) is 12.2. The van der Waals surface area contributed by atoms with Gasteiger partial charge in [0.2, 0.25) is 0 Å². The lowest BCUT2D eigenvalue weighted by Gasteiger charge is -2.38. The van der Waals surface area contributed by atoms with E-state index < -0.39 is 0 Å². The van der Waals surface area contributed by atoms with Crippen LogP contribution in [0, 0.1) is 29.6 Å². The van der Waals surface area contributed by atoms with E-state index in [-0.39, 0.29) is 28.4 Å². The summed E-state index contributed by atoms with van der Waals surface area (Å²) in [6.45, 7) is 9.50. The van der Waals surface area contributed by atoms with E-state index in [0.29, 0.717) is 35.6 Å². The first-order valence-corrected chi connectivity index (χ1v) is 14.4. The average molecular weight is 541 g/mol. The number of aliphatic hydroxyl groups excluding tert-OH is 1. The van der Waals surface area contributed by atoms with E-state index in [2.05, 4.69) is 60.5 Å². The van der Waals surface area contributed by atoms with Crippen molar-refractivity contribution in [1.29, 1.82) is 0 Å². The molecule has 0 aromatic rings. The van der Waals surface area contributed by atoms with Crippen LogP contribution < -0.4 is 5.32 Å². The fourth-order valence-electron chi connectivity index (χ4n) is 6.55. The number of nitrogens with one attached hydrogen (secondary N) is 1. The topological polar surface area (TPSA) is 130 Å². The van der Waals surface area contributed by atoms with Crippen LogP contribution in [0.5, 0.6) is 0 Å². The number of hydrogen-bond acceptors (Lipinski definition) is 3. The third-order valence-electron chi connectivity index (χ3n) is 8.74. The summed E-state index contributed by atoms with van der Waals surface area (Å²) in [7, 11) is 0. The first-order chi connectivity index (χ1) is 16.5. The number of piperidine rings is 1. The maximum Gasteiger partial charge on any atom is 0.0641 e. The van der Waals surface area contributed by atoms with Crippen molar-refractivity contribution in [2.75, 3.05) is 32.8 Å². The summed E-state index contributed by atoms with van der Waals surface area (Å²) in [6, 6.07) is 0.517. The number of likely N-dealkylation sites (tertiary alicyclic amines) is 1. The van der Waals surface area contributed by atoms with Gasteiger partial charge in [0.05, 0.1) is 12.0 Å². The van der Waals surface area contributed by atoms with E-state index in [1.165, 1.54) is 62.8 Å². The summed E-state index contributed by atoms with van der Waals surface area (Å²) >= 11 is 6.21. The fourth-order valence-corrected chi connectivity index (χ4v) is 6.71. The smallest absolute Gasteiger partial charge is 0.0641 e. The van der Waals surface area contributed by atoms with Crippen LogP contribution in [0.15, 0.2) is 47.6 Å². The second kappa shape index (κ2) is 16.9. The zero-order valence-corrected chi connectivity index (χ0v) is 23.7. The van der Waals surface area contributed by atoms with Gasteiger partial charge in [-0.2, -0.15) is 0 Å². The molecule has 0 bridgehead atoms. The van der Waals surface area contributed by atoms with Crippen LogP contribution in [0.25, 0.3) is 0 Å². The monoisotopic (exact) mass is 540 g/mol. The Morgan fingerprint density at radius 1 is 1.11 bits per heavy atom. The maximum absolute atomic E-state index is 9.91. The van der Waals surface area contributed by atoms with Gasteiger partial charge in [0, 0.05) is 19.1 Å². The Morgan fingerprint density at radius 3 is 2.46 bits per heavy atom. The molecule has 1 heterocycles. The molecule has 0 amide bonds. The molecule has 7 heteroatoms. The Kier molecular flexibility index (Phi) is 15.5. The third kappa shape index (κ3) is 9.92. The molecule has 0 saturated carbocycles. The van der Waals surface area contributed by atoms with E-state index in [1.54, 1.807) is 0 Å². The highest BCUT2D eigenvalue weighted by Gasteiger charge is 2.29. The number of hydrogen-bond donors (Lipinski definition) is 2. The Hall–Kier alpha value is -0.990. The predicted molar refractivity (Wildman–Crippen MR) is 156 cm³/mol. The first-order valence-electron chi connectivity index (χ1n) is 14.0. The summed E-state index contributed by atoms with van der Waals surface area (Å²) in [6.07, 6.45) is 23.8. The van der Waals surface area contributed by atoms with E-state index in [4.69, 9.17) is 11.6 Å².